The van der Waals surface area contributed by atoms with Crippen LogP contribution in [-0.2, 0) is 4.74 Å². The maximum atomic E-state index is 12.4. The van der Waals surface area contributed by atoms with Gasteiger partial charge in [0.1, 0.15) is 11.1 Å². The largest absolute Gasteiger partial charge is 0.422 e. The van der Waals surface area contributed by atoms with Crippen LogP contribution in [0.1, 0.15) is 24.2 Å². The minimum absolute atomic E-state index is 0.107. The molecule has 138 valence electrons. The molecular formula is C18H16N3O6+. The van der Waals surface area contributed by atoms with Crippen molar-refractivity contribution in [3.8, 4) is 0 Å². The number of carbonyl (C=O) groups excluding carboxylic acids is 1. The molecule has 0 spiro atoms. The first-order valence-electron chi connectivity index (χ1n) is 7.96. The SMILES string of the molecule is CC(C)(Nc1ccc([N+](=O)[O-])c[nH+]1)OC(=O)c1cc2ccccc2oc1=O. The number of aromatic amines is 1. The van der Waals surface area contributed by atoms with E-state index >= 15 is 0 Å². The number of nitro groups is 1. The van der Waals surface area contributed by atoms with E-state index in [-0.39, 0.29) is 11.3 Å². The third-order valence-corrected chi connectivity index (χ3v) is 3.65. The Morgan fingerprint density at radius 2 is 2.00 bits per heavy atom. The molecule has 0 aliphatic heterocycles. The van der Waals surface area contributed by atoms with E-state index in [1.165, 1.54) is 24.4 Å². The lowest BCUT2D eigenvalue weighted by Crippen LogP contribution is -2.39. The third-order valence-electron chi connectivity index (χ3n) is 3.65. The molecule has 3 rings (SSSR count). The van der Waals surface area contributed by atoms with Crippen molar-refractivity contribution in [3.05, 3.63) is 74.8 Å². The smallest absolute Gasteiger partial charge is 0.351 e. The first kappa shape index (κ1) is 18.1. The number of pyridine rings is 1. The van der Waals surface area contributed by atoms with E-state index in [0.29, 0.717) is 16.8 Å². The van der Waals surface area contributed by atoms with Crippen molar-refractivity contribution in [3.63, 3.8) is 0 Å². The highest BCUT2D eigenvalue weighted by Gasteiger charge is 2.30. The molecule has 0 atom stereocenters. The Morgan fingerprint density at radius 1 is 1.26 bits per heavy atom. The summed E-state index contributed by atoms with van der Waals surface area (Å²) in [6.45, 7) is 3.14. The second-order valence-corrected chi connectivity index (χ2v) is 6.23. The second kappa shape index (κ2) is 6.87. The molecule has 0 unspecified atom stereocenters. The summed E-state index contributed by atoms with van der Waals surface area (Å²) >= 11 is 0. The van der Waals surface area contributed by atoms with E-state index in [2.05, 4.69) is 10.3 Å². The molecule has 0 amide bonds. The summed E-state index contributed by atoms with van der Waals surface area (Å²) in [4.78, 5) is 37.3. The Kier molecular flexibility index (Phi) is 4.59. The number of aromatic nitrogens is 1. The predicted octanol–water partition coefficient (Wildman–Crippen LogP) is 2.52. The highest BCUT2D eigenvalue weighted by molar-refractivity contribution is 5.93. The molecule has 9 nitrogen and oxygen atoms in total. The van der Waals surface area contributed by atoms with Crippen LogP contribution in [0.25, 0.3) is 11.0 Å². The topological polar surface area (TPSA) is 126 Å². The Morgan fingerprint density at radius 3 is 2.67 bits per heavy atom. The number of H-pyrrole nitrogens is 1. The fourth-order valence-corrected chi connectivity index (χ4v) is 2.45. The third kappa shape index (κ3) is 4.09. The van der Waals surface area contributed by atoms with Crippen LogP contribution < -0.4 is 15.9 Å². The number of para-hydroxylation sites is 1. The summed E-state index contributed by atoms with van der Waals surface area (Å²) in [6.07, 6.45) is 1.21. The fraction of sp³-hybridized carbons (Fsp3) is 0.167. The summed E-state index contributed by atoms with van der Waals surface area (Å²) in [5.74, 6) is -0.460. The van der Waals surface area contributed by atoms with Gasteiger partial charge in [-0.15, -0.1) is 0 Å². The number of nitrogens with one attached hydrogen (secondary N) is 2. The molecule has 27 heavy (non-hydrogen) atoms. The molecule has 0 saturated heterocycles. The number of esters is 1. The number of benzene rings is 1. The van der Waals surface area contributed by atoms with Gasteiger partial charge in [-0.3, -0.25) is 10.1 Å². The number of carbonyl (C=O) groups is 1. The van der Waals surface area contributed by atoms with Gasteiger partial charge < -0.3 is 9.15 Å². The minimum Gasteiger partial charge on any atom is -0.422 e. The van der Waals surface area contributed by atoms with Gasteiger partial charge in [0.05, 0.1) is 4.92 Å². The zero-order chi connectivity index (χ0) is 19.6. The Balaban J connectivity index is 1.78. The van der Waals surface area contributed by atoms with E-state index in [0.717, 1.165) is 0 Å². The van der Waals surface area contributed by atoms with Crippen LogP contribution in [0.5, 0.6) is 0 Å². The number of fused-ring (bicyclic) bond motifs is 1. The molecular weight excluding hydrogens is 354 g/mol. The Bertz CT molecular complexity index is 1070. The quantitative estimate of drug-likeness (QED) is 0.240. The standard InChI is InChI=1S/C18H15N3O6/c1-18(2,20-15-8-7-12(10-19-15)21(24)25)27-17(23)13-9-11-5-3-4-6-14(11)26-16(13)22/h3-10H,1-2H3,(H,19,20)/p+1. The Hall–Kier alpha value is -3.75. The molecule has 0 radical (unpaired) electrons. The number of rotatable bonds is 5. The van der Waals surface area contributed by atoms with Crippen LogP contribution in [0.15, 0.2) is 57.9 Å². The second-order valence-electron chi connectivity index (χ2n) is 6.23. The van der Waals surface area contributed by atoms with Crippen molar-refractivity contribution in [2.75, 3.05) is 5.32 Å². The van der Waals surface area contributed by atoms with Gasteiger partial charge >= 0.3 is 17.3 Å². The van der Waals surface area contributed by atoms with Gasteiger partial charge in [0.2, 0.25) is 5.72 Å². The lowest BCUT2D eigenvalue weighted by atomic mass is 10.2. The molecule has 9 heteroatoms. The maximum absolute atomic E-state index is 12.4. The van der Waals surface area contributed by atoms with Crippen molar-refractivity contribution >= 4 is 28.4 Å². The van der Waals surface area contributed by atoms with Crippen LogP contribution in [-0.4, -0.2) is 16.6 Å². The number of nitrogens with zero attached hydrogens (tertiary/aromatic N) is 1. The monoisotopic (exact) mass is 370 g/mol. The summed E-state index contributed by atoms with van der Waals surface area (Å²) in [5.41, 5.74) is -1.96. The number of hydrogen-bond donors (Lipinski definition) is 1. The maximum Gasteiger partial charge on any atom is 0.351 e. The lowest BCUT2D eigenvalue weighted by Gasteiger charge is -2.21. The molecule has 0 fully saturated rings. The molecule has 3 aromatic rings. The predicted molar refractivity (Wildman–Crippen MR) is 95.3 cm³/mol. The fourth-order valence-electron chi connectivity index (χ4n) is 2.45. The van der Waals surface area contributed by atoms with Gasteiger partial charge in [-0.2, -0.15) is 0 Å². The minimum atomic E-state index is -1.21. The Labute approximate surface area is 152 Å². The van der Waals surface area contributed by atoms with Crippen LogP contribution >= 0.6 is 0 Å². The summed E-state index contributed by atoms with van der Waals surface area (Å²) in [5, 5.41) is 14.2. The first-order chi connectivity index (χ1) is 12.7. The van der Waals surface area contributed by atoms with E-state index in [1.54, 1.807) is 38.1 Å². The van der Waals surface area contributed by atoms with Crippen molar-refractivity contribution < 1.29 is 23.9 Å². The van der Waals surface area contributed by atoms with E-state index in [1.807, 2.05) is 0 Å². The highest BCUT2D eigenvalue weighted by Crippen LogP contribution is 2.18. The van der Waals surface area contributed by atoms with Crippen LogP contribution in [0.3, 0.4) is 0 Å². The summed E-state index contributed by atoms with van der Waals surface area (Å²) in [6, 6.07) is 11.0. The lowest BCUT2D eigenvalue weighted by molar-refractivity contribution is -0.413. The van der Waals surface area contributed by atoms with Gasteiger partial charge in [-0.25, -0.2) is 19.9 Å². The van der Waals surface area contributed by atoms with E-state index in [9.17, 15) is 19.7 Å². The van der Waals surface area contributed by atoms with Crippen molar-refractivity contribution in [1.82, 2.24) is 0 Å². The van der Waals surface area contributed by atoms with Crippen LogP contribution in [0, 0.1) is 10.1 Å². The van der Waals surface area contributed by atoms with Gasteiger partial charge in [0.25, 0.3) is 5.82 Å². The van der Waals surface area contributed by atoms with E-state index < -0.39 is 22.2 Å². The van der Waals surface area contributed by atoms with Gasteiger partial charge in [0, 0.05) is 31.4 Å². The summed E-state index contributed by atoms with van der Waals surface area (Å²) in [7, 11) is 0. The number of anilines is 1. The highest BCUT2D eigenvalue weighted by atomic mass is 16.6. The van der Waals surface area contributed by atoms with E-state index in [4.69, 9.17) is 9.15 Å². The summed E-state index contributed by atoms with van der Waals surface area (Å²) < 4.78 is 10.5. The molecule has 2 heterocycles. The van der Waals surface area contributed by atoms with Gasteiger partial charge in [0.15, 0.2) is 6.20 Å². The molecule has 2 N–H and O–H groups in total. The zero-order valence-electron chi connectivity index (χ0n) is 14.5. The number of ether oxygens (including phenoxy) is 1. The zero-order valence-corrected chi connectivity index (χ0v) is 14.5. The number of hydrogen-bond acceptors (Lipinski definition) is 7. The van der Waals surface area contributed by atoms with Crippen LogP contribution in [0.2, 0.25) is 0 Å². The van der Waals surface area contributed by atoms with Crippen molar-refractivity contribution in [2.24, 2.45) is 0 Å². The molecule has 0 saturated carbocycles. The first-order valence-corrected chi connectivity index (χ1v) is 7.96. The van der Waals surface area contributed by atoms with Gasteiger partial charge in [-0.1, -0.05) is 18.2 Å². The van der Waals surface area contributed by atoms with Crippen molar-refractivity contribution in [2.45, 2.75) is 19.6 Å². The average molecular weight is 370 g/mol. The van der Waals surface area contributed by atoms with Crippen LogP contribution in [0.4, 0.5) is 11.5 Å². The molecule has 0 aliphatic rings. The van der Waals surface area contributed by atoms with Crippen molar-refractivity contribution in [1.29, 1.82) is 0 Å². The average Bonchev–Trinajstić information content (AvgIpc) is 2.60. The molecule has 2 aromatic heterocycles. The molecule has 0 bridgehead atoms. The molecule has 1 aromatic carbocycles. The normalized spacial score (nSPS) is 11.2. The van der Waals surface area contributed by atoms with Gasteiger partial charge in [-0.05, 0) is 12.1 Å². The molecule has 0 aliphatic carbocycles.